The maximum Gasteiger partial charge on any atom is 0.0897 e. The first kappa shape index (κ1) is 12.2. The van der Waals surface area contributed by atoms with Gasteiger partial charge in [0.25, 0.3) is 0 Å². The first-order chi connectivity index (χ1) is 9.22. The Bertz CT molecular complexity index is 710. The second-order valence-corrected chi connectivity index (χ2v) is 5.44. The van der Waals surface area contributed by atoms with Crippen LogP contribution in [0.3, 0.4) is 0 Å². The zero-order valence-corrected chi connectivity index (χ0v) is 11.3. The molecule has 0 saturated heterocycles. The van der Waals surface area contributed by atoms with E-state index in [1.807, 2.05) is 30.5 Å². The van der Waals surface area contributed by atoms with Crippen molar-refractivity contribution in [3.8, 4) is 0 Å². The van der Waals surface area contributed by atoms with Gasteiger partial charge in [0.1, 0.15) is 0 Å². The van der Waals surface area contributed by atoms with Gasteiger partial charge in [-0.05, 0) is 24.6 Å². The average Bonchev–Trinajstić information content (AvgIpc) is 2.83. The number of aliphatic hydroxyl groups is 1. The van der Waals surface area contributed by atoms with Crippen LogP contribution >= 0.6 is 11.3 Å². The maximum atomic E-state index is 10.3. The van der Waals surface area contributed by atoms with Crippen LogP contribution < -0.4 is 0 Å². The van der Waals surface area contributed by atoms with E-state index in [0.717, 1.165) is 27.3 Å². The van der Waals surface area contributed by atoms with Crippen LogP contribution in [0.25, 0.3) is 11.0 Å². The van der Waals surface area contributed by atoms with Gasteiger partial charge in [-0.15, -0.1) is 11.3 Å². The molecular weight excluding hydrogens is 258 g/mol. The molecule has 1 aromatic carbocycles. The fraction of sp³-hybridized carbons (Fsp3) is 0.214. The van der Waals surface area contributed by atoms with E-state index in [1.165, 1.54) is 0 Å². The molecule has 0 aliphatic rings. The Morgan fingerprint density at radius 2 is 2.00 bits per heavy atom. The maximum absolute atomic E-state index is 10.3. The highest BCUT2D eigenvalue weighted by atomic mass is 32.1. The van der Waals surface area contributed by atoms with Crippen LogP contribution in [0.15, 0.2) is 36.0 Å². The number of aromatic nitrogens is 3. The van der Waals surface area contributed by atoms with Crippen molar-refractivity contribution >= 4 is 22.4 Å². The summed E-state index contributed by atoms with van der Waals surface area (Å²) in [5.74, 6) is 0. The largest absolute Gasteiger partial charge is 0.388 e. The van der Waals surface area contributed by atoms with Crippen molar-refractivity contribution in [1.29, 1.82) is 0 Å². The Hall–Kier alpha value is -1.85. The Morgan fingerprint density at radius 3 is 2.74 bits per heavy atom. The molecule has 3 aromatic rings. The SMILES string of the molecule is Cc1nc(CC(O)c2ccc3nccnc3c2)cs1. The molecule has 0 radical (unpaired) electrons. The predicted octanol–water partition coefficient (Wildman–Crippen LogP) is 2.67. The third-order valence-corrected chi connectivity index (χ3v) is 3.77. The fourth-order valence-electron chi connectivity index (χ4n) is 2.01. The quantitative estimate of drug-likeness (QED) is 0.795. The van der Waals surface area contributed by atoms with Gasteiger partial charge in [0.15, 0.2) is 0 Å². The number of aliphatic hydroxyl groups excluding tert-OH is 1. The van der Waals surface area contributed by atoms with Gasteiger partial charge in [0, 0.05) is 24.2 Å². The van der Waals surface area contributed by atoms with Gasteiger partial charge in [-0.25, -0.2) is 4.98 Å². The van der Waals surface area contributed by atoms with Crippen LogP contribution in [0.1, 0.15) is 22.4 Å². The molecule has 1 unspecified atom stereocenters. The van der Waals surface area contributed by atoms with Gasteiger partial charge in [0.05, 0.1) is 27.8 Å². The van der Waals surface area contributed by atoms with E-state index in [9.17, 15) is 5.11 Å². The lowest BCUT2D eigenvalue weighted by atomic mass is 10.0. The van der Waals surface area contributed by atoms with E-state index in [-0.39, 0.29) is 0 Å². The molecule has 0 aliphatic carbocycles. The molecule has 2 aromatic heterocycles. The number of aryl methyl sites for hydroxylation is 1. The third kappa shape index (κ3) is 2.62. The molecule has 0 amide bonds. The van der Waals surface area contributed by atoms with Crippen LogP contribution in [-0.4, -0.2) is 20.1 Å². The van der Waals surface area contributed by atoms with Crippen molar-refractivity contribution in [2.24, 2.45) is 0 Å². The number of hydrogen-bond acceptors (Lipinski definition) is 5. The van der Waals surface area contributed by atoms with E-state index < -0.39 is 6.10 Å². The highest BCUT2D eigenvalue weighted by Crippen LogP contribution is 2.22. The van der Waals surface area contributed by atoms with E-state index in [0.29, 0.717) is 6.42 Å². The van der Waals surface area contributed by atoms with Gasteiger partial charge in [-0.3, -0.25) is 9.97 Å². The van der Waals surface area contributed by atoms with Crippen molar-refractivity contribution < 1.29 is 5.11 Å². The van der Waals surface area contributed by atoms with Crippen LogP contribution in [-0.2, 0) is 6.42 Å². The standard InChI is InChI=1S/C14H13N3OS/c1-9-17-11(8-19-9)7-14(18)10-2-3-12-13(6-10)16-5-4-15-12/h2-6,8,14,18H,7H2,1H3. The van der Waals surface area contributed by atoms with Gasteiger partial charge in [-0.1, -0.05) is 6.07 Å². The zero-order chi connectivity index (χ0) is 13.2. The highest BCUT2D eigenvalue weighted by molar-refractivity contribution is 7.09. The Kier molecular flexibility index (Phi) is 3.23. The summed E-state index contributed by atoms with van der Waals surface area (Å²) < 4.78 is 0. The lowest BCUT2D eigenvalue weighted by Gasteiger charge is -2.09. The summed E-state index contributed by atoms with van der Waals surface area (Å²) in [5.41, 5.74) is 3.41. The zero-order valence-electron chi connectivity index (χ0n) is 10.4. The van der Waals surface area contributed by atoms with E-state index >= 15 is 0 Å². The van der Waals surface area contributed by atoms with Gasteiger partial charge < -0.3 is 5.11 Å². The van der Waals surface area contributed by atoms with Crippen LogP contribution in [0.2, 0.25) is 0 Å². The number of rotatable bonds is 3. The van der Waals surface area contributed by atoms with Crippen LogP contribution in [0.5, 0.6) is 0 Å². The van der Waals surface area contributed by atoms with Crippen LogP contribution in [0.4, 0.5) is 0 Å². The second kappa shape index (κ2) is 5.03. The smallest absolute Gasteiger partial charge is 0.0897 e. The normalized spacial score (nSPS) is 12.7. The topological polar surface area (TPSA) is 58.9 Å². The highest BCUT2D eigenvalue weighted by Gasteiger charge is 2.11. The van der Waals surface area contributed by atoms with Crippen molar-refractivity contribution in [2.45, 2.75) is 19.4 Å². The molecular formula is C14H13N3OS. The fourth-order valence-corrected chi connectivity index (χ4v) is 2.63. The summed E-state index contributed by atoms with van der Waals surface area (Å²) >= 11 is 1.60. The second-order valence-electron chi connectivity index (χ2n) is 4.38. The van der Waals surface area contributed by atoms with Crippen molar-refractivity contribution in [3.05, 3.63) is 52.2 Å². The molecule has 0 bridgehead atoms. The molecule has 1 N–H and O–H groups in total. The summed E-state index contributed by atoms with van der Waals surface area (Å²) in [6, 6.07) is 5.65. The van der Waals surface area contributed by atoms with Crippen molar-refractivity contribution in [3.63, 3.8) is 0 Å². The third-order valence-electron chi connectivity index (χ3n) is 2.95. The molecule has 0 spiro atoms. The lowest BCUT2D eigenvalue weighted by molar-refractivity contribution is 0.177. The number of thiazole rings is 1. The number of benzene rings is 1. The molecule has 19 heavy (non-hydrogen) atoms. The summed E-state index contributed by atoms with van der Waals surface area (Å²) in [6.45, 7) is 1.96. The van der Waals surface area contributed by atoms with E-state index in [2.05, 4.69) is 15.0 Å². The minimum absolute atomic E-state index is 0.524. The number of hydrogen-bond donors (Lipinski definition) is 1. The molecule has 1 atom stereocenters. The van der Waals surface area contributed by atoms with Crippen molar-refractivity contribution in [2.75, 3.05) is 0 Å². The molecule has 4 nitrogen and oxygen atoms in total. The molecule has 2 heterocycles. The summed E-state index contributed by atoms with van der Waals surface area (Å²) in [5, 5.41) is 13.3. The minimum atomic E-state index is -0.562. The van der Waals surface area contributed by atoms with Gasteiger partial charge in [0.2, 0.25) is 0 Å². The summed E-state index contributed by atoms with van der Waals surface area (Å²) in [7, 11) is 0. The Labute approximate surface area is 114 Å². The van der Waals surface area contributed by atoms with Gasteiger partial charge in [-0.2, -0.15) is 0 Å². The van der Waals surface area contributed by atoms with Gasteiger partial charge >= 0.3 is 0 Å². The molecule has 0 saturated carbocycles. The first-order valence-corrected chi connectivity index (χ1v) is 6.90. The predicted molar refractivity (Wildman–Crippen MR) is 75.1 cm³/mol. The number of fused-ring (bicyclic) bond motifs is 1. The summed E-state index contributed by atoms with van der Waals surface area (Å²) in [6.07, 6.45) is 3.28. The molecule has 5 heteroatoms. The van der Waals surface area contributed by atoms with Crippen LogP contribution in [0, 0.1) is 6.92 Å². The number of nitrogens with zero attached hydrogens (tertiary/aromatic N) is 3. The van der Waals surface area contributed by atoms with E-state index in [4.69, 9.17) is 0 Å². The molecule has 0 fully saturated rings. The molecule has 96 valence electrons. The Morgan fingerprint density at radius 1 is 1.21 bits per heavy atom. The minimum Gasteiger partial charge on any atom is -0.388 e. The lowest BCUT2D eigenvalue weighted by Crippen LogP contribution is -2.02. The molecule has 3 rings (SSSR count). The molecule has 0 aliphatic heterocycles. The van der Waals surface area contributed by atoms with Crippen molar-refractivity contribution in [1.82, 2.24) is 15.0 Å². The summed E-state index contributed by atoms with van der Waals surface area (Å²) in [4.78, 5) is 12.8. The monoisotopic (exact) mass is 271 g/mol. The average molecular weight is 271 g/mol. The van der Waals surface area contributed by atoms with E-state index in [1.54, 1.807) is 23.7 Å². The first-order valence-electron chi connectivity index (χ1n) is 6.02. The Balaban J connectivity index is 1.86.